The molecular weight excluding hydrogens is 216 g/mol. The molecule has 1 atom stereocenters. The van der Waals surface area contributed by atoms with Gasteiger partial charge in [-0.2, -0.15) is 0 Å². The van der Waals surface area contributed by atoms with Crippen LogP contribution in [-0.4, -0.2) is 49.5 Å². The maximum Gasteiger partial charge on any atom is 0.312 e. The van der Waals surface area contributed by atoms with Crippen LogP contribution in [0.25, 0.3) is 0 Å². The first-order valence-electron chi connectivity index (χ1n) is 4.87. The number of carbonyl (C=O) groups is 1. The second-order valence-electron chi connectivity index (χ2n) is 2.99. The number of amides is 2. The number of methoxy groups -OCH3 is 2. The van der Waals surface area contributed by atoms with Crippen molar-refractivity contribution in [3.63, 3.8) is 0 Å². The van der Waals surface area contributed by atoms with Crippen LogP contribution in [0.2, 0.25) is 6.04 Å². The van der Waals surface area contributed by atoms with E-state index in [1.165, 1.54) is 0 Å². The average molecular weight is 236 g/mol. The van der Waals surface area contributed by atoms with E-state index in [-0.39, 0.29) is 6.29 Å². The summed E-state index contributed by atoms with van der Waals surface area (Å²) in [5.41, 5.74) is 4.91. The molecule has 6 nitrogen and oxygen atoms in total. The van der Waals surface area contributed by atoms with Gasteiger partial charge in [0, 0.05) is 20.8 Å². The van der Waals surface area contributed by atoms with Crippen molar-refractivity contribution in [2.75, 3.05) is 27.4 Å². The van der Waals surface area contributed by atoms with Gasteiger partial charge in [-0.15, -0.1) is 0 Å². The highest BCUT2D eigenvalue weighted by molar-refractivity contribution is 6.27. The Balaban J connectivity index is 3.24. The summed E-state index contributed by atoms with van der Waals surface area (Å²) in [5, 5.41) is 2.52. The zero-order chi connectivity index (χ0) is 11.5. The lowest BCUT2D eigenvalue weighted by molar-refractivity contribution is -0.0928. The van der Waals surface area contributed by atoms with Crippen LogP contribution in [0.5, 0.6) is 0 Å². The van der Waals surface area contributed by atoms with E-state index in [0.717, 1.165) is 12.5 Å². The Kier molecular flexibility index (Phi) is 9.49. The molecule has 0 fully saturated rings. The fourth-order valence-electron chi connectivity index (χ4n) is 0.974. The van der Waals surface area contributed by atoms with E-state index in [4.69, 9.17) is 19.6 Å². The Labute approximate surface area is 92.4 Å². The molecule has 15 heavy (non-hydrogen) atoms. The summed E-state index contributed by atoms with van der Waals surface area (Å²) in [6.45, 7) is 1.05. The van der Waals surface area contributed by atoms with Crippen molar-refractivity contribution in [2.45, 2.75) is 18.8 Å². The van der Waals surface area contributed by atoms with Gasteiger partial charge in [-0.25, -0.2) is 4.79 Å². The molecule has 2 amide bonds. The van der Waals surface area contributed by atoms with Gasteiger partial charge in [0.25, 0.3) is 0 Å². The molecule has 0 rings (SSSR count). The summed E-state index contributed by atoms with van der Waals surface area (Å²) in [5.74, 6) is 0. The van der Waals surface area contributed by atoms with Crippen molar-refractivity contribution in [3.8, 4) is 0 Å². The molecule has 0 aliphatic heterocycles. The fourth-order valence-corrected chi connectivity index (χ4v) is 2.09. The lowest BCUT2D eigenvalue weighted by Crippen LogP contribution is -2.30. The molecule has 0 saturated heterocycles. The van der Waals surface area contributed by atoms with Gasteiger partial charge >= 0.3 is 6.03 Å². The molecule has 0 bridgehead atoms. The Morgan fingerprint density at radius 2 is 2.27 bits per heavy atom. The first kappa shape index (κ1) is 14.4. The number of carbonyl (C=O) groups excluding carboxylic acids is 1. The van der Waals surface area contributed by atoms with E-state index >= 15 is 0 Å². The molecule has 0 aromatic heterocycles. The summed E-state index contributed by atoms with van der Waals surface area (Å²) in [6, 6.07) is 0.496. The molecule has 0 aliphatic rings. The van der Waals surface area contributed by atoms with E-state index in [1.807, 2.05) is 0 Å². The molecule has 0 aliphatic carbocycles. The number of hydrogen-bond acceptors (Lipinski definition) is 4. The van der Waals surface area contributed by atoms with Gasteiger partial charge in [-0.1, -0.05) is 0 Å². The molecule has 1 unspecified atom stereocenters. The van der Waals surface area contributed by atoms with E-state index in [0.29, 0.717) is 13.2 Å². The van der Waals surface area contributed by atoms with Gasteiger partial charge in [0.15, 0.2) is 16.1 Å². The number of rotatable bonds is 9. The Bertz CT molecular complexity index is 171. The number of nitrogens with one attached hydrogen (secondary N) is 1. The number of nitrogens with two attached hydrogens (primary N) is 1. The third-order valence-electron chi connectivity index (χ3n) is 1.74. The van der Waals surface area contributed by atoms with E-state index in [2.05, 4.69) is 5.32 Å². The van der Waals surface area contributed by atoms with Crippen molar-refractivity contribution in [1.29, 1.82) is 0 Å². The predicted molar refractivity (Wildman–Crippen MR) is 59.3 cm³/mol. The van der Waals surface area contributed by atoms with Crippen LogP contribution in [0.4, 0.5) is 4.79 Å². The third-order valence-corrected chi connectivity index (χ3v) is 3.14. The minimum atomic E-state index is -0.609. The normalized spacial score (nSPS) is 13.2. The van der Waals surface area contributed by atoms with Crippen LogP contribution >= 0.6 is 0 Å². The van der Waals surface area contributed by atoms with Crippen LogP contribution in [0.1, 0.15) is 6.42 Å². The highest BCUT2D eigenvalue weighted by Crippen LogP contribution is 1.95. The SMILES string of the molecule is COCC(OC)O[SiH2]CCCNC(N)=O. The summed E-state index contributed by atoms with van der Waals surface area (Å²) in [7, 11) is 2.59. The molecule has 0 radical (unpaired) electrons. The molecule has 7 heteroatoms. The standard InChI is InChI=1S/C8H20N2O4Si/c1-12-6-7(13-2)14-15-5-3-4-10-8(9)11/h7H,3-6,15H2,1-2H3,(H3,9,10,11). The van der Waals surface area contributed by atoms with Crippen LogP contribution in [0.15, 0.2) is 0 Å². The van der Waals surface area contributed by atoms with Gasteiger partial charge in [-0.05, 0) is 12.5 Å². The van der Waals surface area contributed by atoms with Crippen LogP contribution < -0.4 is 11.1 Å². The van der Waals surface area contributed by atoms with Gasteiger partial charge in [0.1, 0.15) is 0 Å². The van der Waals surface area contributed by atoms with Gasteiger partial charge < -0.3 is 25.0 Å². The summed E-state index contributed by atoms with van der Waals surface area (Å²) in [4.78, 5) is 10.3. The first-order valence-corrected chi connectivity index (χ1v) is 6.45. The summed E-state index contributed by atoms with van der Waals surface area (Å²) in [6.07, 6.45) is 0.629. The molecule has 0 aromatic carbocycles. The molecule has 0 heterocycles. The average Bonchev–Trinajstić information content (AvgIpc) is 2.21. The van der Waals surface area contributed by atoms with Gasteiger partial charge in [-0.3, -0.25) is 0 Å². The van der Waals surface area contributed by atoms with Crippen LogP contribution in [-0.2, 0) is 13.9 Å². The summed E-state index contributed by atoms with van der Waals surface area (Å²) >= 11 is 0. The highest BCUT2D eigenvalue weighted by Gasteiger charge is 2.05. The summed E-state index contributed by atoms with van der Waals surface area (Å²) < 4.78 is 15.4. The first-order chi connectivity index (χ1) is 7.20. The predicted octanol–water partition coefficient (Wildman–Crippen LogP) is -0.818. The topological polar surface area (TPSA) is 82.8 Å². The second kappa shape index (κ2) is 9.90. The molecule has 0 spiro atoms. The zero-order valence-corrected chi connectivity index (χ0v) is 10.7. The molecule has 90 valence electrons. The minimum absolute atomic E-state index is 0.259. The fraction of sp³-hybridized carbons (Fsp3) is 0.875. The molecule has 0 saturated carbocycles. The van der Waals surface area contributed by atoms with Crippen molar-refractivity contribution < 1.29 is 18.7 Å². The van der Waals surface area contributed by atoms with Crippen molar-refractivity contribution in [3.05, 3.63) is 0 Å². The van der Waals surface area contributed by atoms with Crippen LogP contribution in [0.3, 0.4) is 0 Å². The Morgan fingerprint density at radius 1 is 1.53 bits per heavy atom. The smallest absolute Gasteiger partial charge is 0.312 e. The minimum Gasteiger partial charge on any atom is -0.398 e. The maximum absolute atomic E-state index is 10.3. The van der Waals surface area contributed by atoms with Crippen molar-refractivity contribution in [1.82, 2.24) is 5.32 Å². The van der Waals surface area contributed by atoms with E-state index in [9.17, 15) is 4.79 Å². The molecular formula is C8H20N2O4Si. The zero-order valence-electron chi connectivity index (χ0n) is 9.32. The molecule has 0 aromatic rings. The second-order valence-corrected chi connectivity index (χ2v) is 4.44. The van der Waals surface area contributed by atoms with Gasteiger partial charge in [0.05, 0.1) is 6.61 Å². The van der Waals surface area contributed by atoms with Crippen molar-refractivity contribution in [2.24, 2.45) is 5.73 Å². The van der Waals surface area contributed by atoms with Crippen LogP contribution in [0, 0.1) is 0 Å². The number of hydrogen-bond donors (Lipinski definition) is 2. The Hall–Kier alpha value is -0.633. The van der Waals surface area contributed by atoms with E-state index in [1.54, 1.807) is 14.2 Å². The Morgan fingerprint density at radius 3 is 2.80 bits per heavy atom. The van der Waals surface area contributed by atoms with Crippen molar-refractivity contribution >= 4 is 15.8 Å². The lowest BCUT2D eigenvalue weighted by atomic mass is 10.5. The number of primary amides is 1. The van der Waals surface area contributed by atoms with Gasteiger partial charge in [0.2, 0.25) is 0 Å². The maximum atomic E-state index is 10.3. The largest absolute Gasteiger partial charge is 0.398 e. The monoisotopic (exact) mass is 236 g/mol. The third kappa shape index (κ3) is 9.67. The number of urea groups is 1. The highest BCUT2D eigenvalue weighted by atomic mass is 28.2. The number of ether oxygens (including phenoxy) is 2. The molecule has 3 N–H and O–H groups in total. The lowest BCUT2D eigenvalue weighted by Gasteiger charge is -2.15. The van der Waals surface area contributed by atoms with E-state index < -0.39 is 15.8 Å². The quantitative estimate of drug-likeness (QED) is 0.311.